The molecule has 0 aliphatic heterocycles. The zero-order valence-electron chi connectivity index (χ0n) is 6.12. The highest BCUT2D eigenvalue weighted by atomic mass is 15.1. The Morgan fingerprint density at radius 3 is 3.20 bits per heavy atom. The van der Waals surface area contributed by atoms with Crippen LogP contribution >= 0.6 is 0 Å². The van der Waals surface area contributed by atoms with Crippen LogP contribution in [0.15, 0.2) is 16.8 Å². The number of rotatable bonds is 2. The lowest BCUT2D eigenvalue weighted by atomic mass is 10.2. The molecule has 3 heteroatoms. The molecule has 0 amide bonds. The third-order valence-electron chi connectivity index (χ3n) is 1.78. The topological polar surface area (TPSA) is 48.8 Å². The summed E-state index contributed by atoms with van der Waals surface area (Å²) in [5.41, 5.74) is 9.32. The van der Waals surface area contributed by atoms with E-state index in [1.807, 2.05) is 0 Å². The lowest BCUT2D eigenvalue weighted by Crippen LogP contribution is -1.80. The fourth-order valence-electron chi connectivity index (χ4n) is 1.24. The first kappa shape index (κ1) is 7.16. The van der Waals surface area contributed by atoms with Gasteiger partial charge in [-0.05, 0) is 24.3 Å². The van der Waals surface area contributed by atoms with Crippen LogP contribution < -0.4 is 0 Å². The van der Waals surface area contributed by atoms with Crippen molar-refractivity contribution in [1.82, 2.24) is 0 Å². The second-order valence-electron chi connectivity index (χ2n) is 2.73. The van der Waals surface area contributed by atoms with Gasteiger partial charge in [0.05, 0.1) is 0 Å². The Bertz CT molecular complexity index is 189. The van der Waals surface area contributed by atoms with Gasteiger partial charge >= 0.3 is 0 Å². The quantitative estimate of drug-likeness (QED) is 0.243. The number of nitrogens with zero attached hydrogens (tertiary/aromatic N) is 3. The maximum Gasteiger partial charge on any atom is 0.0470 e. The lowest BCUT2D eigenvalue weighted by molar-refractivity contribution is 0.696. The van der Waals surface area contributed by atoms with Crippen molar-refractivity contribution < 1.29 is 0 Å². The lowest BCUT2D eigenvalue weighted by Gasteiger charge is -1.90. The van der Waals surface area contributed by atoms with E-state index in [0.29, 0.717) is 12.5 Å². The molecule has 1 atom stereocenters. The largest absolute Gasteiger partial charge is 0.0896 e. The summed E-state index contributed by atoms with van der Waals surface area (Å²) < 4.78 is 0. The smallest absolute Gasteiger partial charge is 0.0470 e. The number of allylic oxidation sites excluding steroid dienone is 1. The molecule has 0 saturated carbocycles. The maximum atomic E-state index is 8.02. The van der Waals surface area contributed by atoms with Gasteiger partial charge < -0.3 is 0 Å². The van der Waals surface area contributed by atoms with Gasteiger partial charge in [-0.15, -0.1) is 0 Å². The van der Waals surface area contributed by atoms with Gasteiger partial charge in [0, 0.05) is 11.5 Å². The zero-order chi connectivity index (χ0) is 7.40. The van der Waals surface area contributed by atoms with Gasteiger partial charge in [-0.1, -0.05) is 23.7 Å². The summed E-state index contributed by atoms with van der Waals surface area (Å²) >= 11 is 0. The van der Waals surface area contributed by atoms with Gasteiger partial charge in [-0.2, -0.15) is 0 Å². The molecule has 0 aromatic rings. The Morgan fingerprint density at radius 1 is 1.90 bits per heavy atom. The van der Waals surface area contributed by atoms with Gasteiger partial charge in [-0.3, -0.25) is 0 Å². The normalized spacial score (nSPS) is 23.7. The molecule has 0 radical (unpaired) electrons. The van der Waals surface area contributed by atoms with Gasteiger partial charge in [0.25, 0.3) is 0 Å². The van der Waals surface area contributed by atoms with E-state index < -0.39 is 0 Å². The molecule has 0 heterocycles. The molecule has 1 aliphatic carbocycles. The van der Waals surface area contributed by atoms with E-state index in [0.717, 1.165) is 6.42 Å². The Labute approximate surface area is 60.4 Å². The van der Waals surface area contributed by atoms with Crippen LogP contribution in [-0.2, 0) is 0 Å². The van der Waals surface area contributed by atoms with Crippen LogP contribution in [0.1, 0.15) is 19.8 Å². The Morgan fingerprint density at radius 2 is 2.70 bits per heavy atom. The molecular weight excluding hydrogens is 126 g/mol. The molecule has 0 fully saturated rings. The average molecular weight is 137 g/mol. The molecular formula is C7H11N3. The minimum absolute atomic E-state index is 0.570. The van der Waals surface area contributed by atoms with Gasteiger partial charge in [0.15, 0.2) is 0 Å². The SMILES string of the molecule is CC1C=C(CN=[N+]=[N-])CC1. The zero-order valence-corrected chi connectivity index (χ0v) is 6.12. The second kappa shape index (κ2) is 3.28. The van der Waals surface area contributed by atoms with Gasteiger partial charge in [0.2, 0.25) is 0 Å². The van der Waals surface area contributed by atoms with Crippen molar-refractivity contribution in [2.75, 3.05) is 6.54 Å². The highest BCUT2D eigenvalue weighted by Gasteiger charge is 2.09. The van der Waals surface area contributed by atoms with E-state index in [9.17, 15) is 0 Å². The van der Waals surface area contributed by atoms with Gasteiger partial charge in [0.1, 0.15) is 0 Å². The number of hydrogen-bond donors (Lipinski definition) is 0. The summed E-state index contributed by atoms with van der Waals surface area (Å²) in [6.07, 6.45) is 4.53. The molecule has 54 valence electrons. The van der Waals surface area contributed by atoms with E-state index in [4.69, 9.17) is 5.53 Å². The highest BCUT2D eigenvalue weighted by Crippen LogP contribution is 2.23. The number of azide groups is 1. The maximum absolute atomic E-state index is 8.02. The van der Waals surface area contributed by atoms with E-state index in [2.05, 4.69) is 23.0 Å². The minimum Gasteiger partial charge on any atom is -0.0896 e. The van der Waals surface area contributed by atoms with Crippen molar-refractivity contribution in [2.24, 2.45) is 11.0 Å². The van der Waals surface area contributed by atoms with Crippen molar-refractivity contribution in [3.05, 3.63) is 22.1 Å². The van der Waals surface area contributed by atoms with Crippen molar-refractivity contribution in [3.63, 3.8) is 0 Å². The summed E-state index contributed by atoms with van der Waals surface area (Å²) in [5, 5.41) is 3.50. The first-order valence-electron chi connectivity index (χ1n) is 3.53. The predicted molar refractivity (Wildman–Crippen MR) is 40.5 cm³/mol. The summed E-state index contributed by atoms with van der Waals surface area (Å²) in [6.45, 7) is 2.75. The monoisotopic (exact) mass is 137 g/mol. The first-order chi connectivity index (χ1) is 4.83. The summed E-state index contributed by atoms with van der Waals surface area (Å²) in [5.74, 6) is 0.684. The van der Waals surface area contributed by atoms with Crippen LogP contribution in [0.4, 0.5) is 0 Å². The van der Waals surface area contributed by atoms with Crippen LogP contribution in [0.3, 0.4) is 0 Å². The second-order valence-corrected chi connectivity index (χ2v) is 2.73. The Kier molecular flexibility index (Phi) is 2.35. The van der Waals surface area contributed by atoms with Crippen LogP contribution in [0.25, 0.3) is 10.4 Å². The van der Waals surface area contributed by atoms with E-state index in [1.54, 1.807) is 0 Å². The Hall–Kier alpha value is -0.950. The fourth-order valence-corrected chi connectivity index (χ4v) is 1.24. The summed E-state index contributed by atoms with van der Waals surface area (Å²) in [6, 6.07) is 0. The Balaban J connectivity index is 2.42. The highest BCUT2D eigenvalue weighted by molar-refractivity contribution is 5.11. The number of hydrogen-bond acceptors (Lipinski definition) is 1. The van der Waals surface area contributed by atoms with Gasteiger partial charge in [-0.25, -0.2) is 0 Å². The van der Waals surface area contributed by atoms with Crippen molar-refractivity contribution in [3.8, 4) is 0 Å². The van der Waals surface area contributed by atoms with Crippen LogP contribution in [0, 0.1) is 5.92 Å². The standard InChI is InChI=1S/C7H11N3/c1-6-2-3-7(4-6)5-9-10-8/h4,6H,2-3,5H2,1H3. The van der Waals surface area contributed by atoms with E-state index in [1.165, 1.54) is 12.0 Å². The minimum atomic E-state index is 0.570. The van der Waals surface area contributed by atoms with E-state index in [-0.39, 0.29) is 0 Å². The molecule has 3 nitrogen and oxygen atoms in total. The predicted octanol–water partition coefficient (Wildman–Crippen LogP) is 2.65. The van der Waals surface area contributed by atoms with Crippen molar-refractivity contribution in [1.29, 1.82) is 0 Å². The van der Waals surface area contributed by atoms with Crippen LogP contribution in [0.5, 0.6) is 0 Å². The van der Waals surface area contributed by atoms with Crippen molar-refractivity contribution in [2.45, 2.75) is 19.8 Å². The molecule has 10 heavy (non-hydrogen) atoms. The molecule has 0 aromatic heterocycles. The molecule has 0 spiro atoms. The van der Waals surface area contributed by atoms with Crippen LogP contribution in [-0.4, -0.2) is 6.54 Å². The molecule has 1 aliphatic rings. The molecule has 1 rings (SSSR count). The van der Waals surface area contributed by atoms with E-state index >= 15 is 0 Å². The van der Waals surface area contributed by atoms with Crippen molar-refractivity contribution >= 4 is 0 Å². The fraction of sp³-hybridized carbons (Fsp3) is 0.714. The molecule has 0 saturated heterocycles. The summed E-state index contributed by atoms with van der Waals surface area (Å²) in [4.78, 5) is 2.71. The third-order valence-corrected chi connectivity index (χ3v) is 1.78. The molecule has 1 unspecified atom stereocenters. The third kappa shape index (κ3) is 1.78. The molecule has 0 N–H and O–H groups in total. The average Bonchev–Trinajstić information content (AvgIpc) is 2.31. The molecule has 0 bridgehead atoms. The molecule has 0 aromatic carbocycles. The van der Waals surface area contributed by atoms with Crippen LogP contribution in [0.2, 0.25) is 0 Å². The first-order valence-corrected chi connectivity index (χ1v) is 3.53. The summed E-state index contributed by atoms with van der Waals surface area (Å²) in [7, 11) is 0.